The fourth-order valence-corrected chi connectivity index (χ4v) is 3.22. The van der Waals surface area contributed by atoms with Crippen LogP contribution in [0.1, 0.15) is 33.8 Å². The van der Waals surface area contributed by atoms with Gasteiger partial charge in [-0.15, -0.1) is 11.3 Å². The van der Waals surface area contributed by atoms with Crippen molar-refractivity contribution in [2.75, 3.05) is 20.6 Å². The molecule has 112 valence electrons. The number of carbonyl (C=O) groups is 1. The van der Waals surface area contributed by atoms with Crippen LogP contribution in [0.5, 0.6) is 0 Å². The maximum atomic E-state index is 12.2. The Labute approximate surface area is 130 Å². The summed E-state index contributed by atoms with van der Waals surface area (Å²) in [4.78, 5) is 14.8. The van der Waals surface area contributed by atoms with E-state index in [1.54, 1.807) is 11.3 Å². The van der Waals surface area contributed by atoms with E-state index in [9.17, 15) is 4.79 Å². The highest BCUT2D eigenvalue weighted by atomic mass is 32.1. The molecule has 0 saturated heterocycles. The minimum Gasteiger partial charge on any atom is -0.346 e. The van der Waals surface area contributed by atoms with Crippen molar-refractivity contribution in [2.24, 2.45) is 0 Å². The van der Waals surface area contributed by atoms with Crippen molar-refractivity contribution in [3.05, 3.63) is 57.8 Å². The third-order valence-electron chi connectivity index (χ3n) is 3.67. The number of nitrogens with one attached hydrogen (secondary N) is 2. The number of aryl methyl sites for hydroxylation is 1. The number of thiophene rings is 1. The van der Waals surface area contributed by atoms with Gasteiger partial charge in [0.1, 0.15) is 6.04 Å². The average Bonchev–Trinajstić information content (AvgIpc) is 3.01. The van der Waals surface area contributed by atoms with Crippen LogP contribution < -0.4 is 10.2 Å². The molecular weight excluding hydrogens is 280 g/mol. The molecule has 1 aromatic heterocycles. The number of hydrogen-bond donors (Lipinski definition) is 2. The zero-order chi connectivity index (χ0) is 15.2. The molecule has 0 aliphatic carbocycles. The predicted octanol–water partition coefficient (Wildman–Crippen LogP) is 1.93. The Morgan fingerprint density at radius 2 is 1.95 bits per heavy atom. The molecule has 0 unspecified atom stereocenters. The van der Waals surface area contributed by atoms with Crippen LogP contribution in [0, 0.1) is 0 Å². The molecule has 0 radical (unpaired) electrons. The second kappa shape index (κ2) is 7.38. The lowest BCUT2D eigenvalue weighted by atomic mass is 10.1. The summed E-state index contributed by atoms with van der Waals surface area (Å²) in [5, 5.41) is 5.13. The van der Waals surface area contributed by atoms with Crippen LogP contribution in [0.4, 0.5) is 0 Å². The number of quaternary nitrogens is 1. The molecule has 0 aliphatic rings. The summed E-state index contributed by atoms with van der Waals surface area (Å²) in [5.41, 5.74) is 1.98. The van der Waals surface area contributed by atoms with Crippen molar-refractivity contribution < 1.29 is 9.69 Å². The zero-order valence-electron chi connectivity index (χ0n) is 12.8. The molecule has 0 bridgehead atoms. The molecule has 1 aromatic carbocycles. The van der Waals surface area contributed by atoms with Crippen LogP contribution >= 0.6 is 11.3 Å². The van der Waals surface area contributed by atoms with Crippen molar-refractivity contribution in [3.8, 4) is 0 Å². The molecule has 0 spiro atoms. The summed E-state index contributed by atoms with van der Waals surface area (Å²) in [7, 11) is 4.24. The minimum absolute atomic E-state index is 0.000425. The van der Waals surface area contributed by atoms with Crippen molar-refractivity contribution in [1.29, 1.82) is 0 Å². The molecule has 3 nitrogen and oxygen atoms in total. The van der Waals surface area contributed by atoms with Crippen LogP contribution in [0.2, 0.25) is 0 Å². The SMILES string of the molecule is CCc1ccc(C(=O)NC[C@@H](c2cccs2)[NH+](C)C)cc1. The van der Waals surface area contributed by atoms with E-state index in [2.05, 4.69) is 43.8 Å². The standard InChI is InChI=1S/C17H22N2OS/c1-4-13-7-9-14(10-8-13)17(20)18-12-15(19(2)3)16-6-5-11-21-16/h5-11,15H,4,12H2,1-3H3,(H,18,20)/p+1/t15-/m0/s1. The van der Waals surface area contributed by atoms with Gasteiger partial charge >= 0.3 is 0 Å². The number of hydrogen-bond acceptors (Lipinski definition) is 2. The van der Waals surface area contributed by atoms with Crippen LogP contribution in [-0.4, -0.2) is 26.5 Å². The van der Waals surface area contributed by atoms with Crippen LogP contribution in [0.3, 0.4) is 0 Å². The first-order chi connectivity index (χ1) is 10.1. The number of amides is 1. The van der Waals surface area contributed by atoms with Crippen molar-refractivity contribution >= 4 is 17.2 Å². The molecule has 2 aromatic rings. The van der Waals surface area contributed by atoms with Gasteiger partial charge in [0.05, 0.1) is 25.5 Å². The van der Waals surface area contributed by atoms with Gasteiger partial charge in [-0.2, -0.15) is 0 Å². The Bertz CT molecular complexity index is 561. The van der Waals surface area contributed by atoms with Crippen LogP contribution in [0.25, 0.3) is 0 Å². The summed E-state index contributed by atoms with van der Waals surface area (Å²) >= 11 is 1.74. The topological polar surface area (TPSA) is 33.5 Å². The Balaban J connectivity index is 1.98. The molecule has 4 heteroatoms. The second-order valence-electron chi connectivity index (χ2n) is 5.41. The van der Waals surface area contributed by atoms with Crippen molar-refractivity contribution in [2.45, 2.75) is 19.4 Å². The largest absolute Gasteiger partial charge is 0.346 e. The Kier molecular flexibility index (Phi) is 5.53. The Hall–Kier alpha value is -1.65. The van der Waals surface area contributed by atoms with Gasteiger partial charge in [0, 0.05) is 5.56 Å². The van der Waals surface area contributed by atoms with E-state index in [0.717, 1.165) is 12.0 Å². The number of likely N-dealkylation sites (N-methyl/N-ethyl adjacent to an activating group) is 1. The highest BCUT2D eigenvalue weighted by molar-refractivity contribution is 7.10. The average molecular weight is 303 g/mol. The molecule has 0 fully saturated rings. The van der Waals surface area contributed by atoms with E-state index in [1.807, 2.05) is 24.3 Å². The summed E-state index contributed by atoms with van der Waals surface area (Å²) in [5.74, 6) is 0.000425. The Morgan fingerprint density at radius 3 is 2.48 bits per heavy atom. The molecule has 1 amide bonds. The Morgan fingerprint density at radius 1 is 1.24 bits per heavy atom. The van der Waals surface area contributed by atoms with E-state index >= 15 is 0 Å². The summed E-state index contributed by atoms with van der Waals surface area (Å²) < 4.78 is 0. The molecule has 2 rings (SSSR count). The van der Waals surface area contributed by atoms with Gasteiger partial charge in [0.25, 0.3) is 5.91 Å². The van der Waals surface area contributed by atoms with Crippen LogP contribution in [-0.2, 0) is 6.42 Å². The van der Waals surface area contributed by atoms with Gasteiger partial charge in [0.15, 0.2) is 0 Å². The van der Waals surface area contributed by atoms with E-state index in [4.69, 9.17) is 0 Å². The summed E-state index contributed by atoms with van der Waals surface area (Å²) in [6, 6.07) is 12.3. The minimum atomic E-state index is 0.000425. The molecule has 1 heterocycles. The van der Waals surface area contributed by atoms with E-state index in [-0.39, 0.29) is 5.91 Å². The first-order valence-corrected chi connectivity index (χ1v) is 8.20. The first kappa shape index (κ1) is 15.7. The predicted molar refractivity (Wildman–Crippen MR) is 88.0 cm³/mol. The lowest BCUT2D eigenvalue weighted by molar-refractivity contribution is -0.890. The molecular formula is C17H23N2OS+. The lowest BCUT2D eigenvalue weighted by Crippen LogP contribution is -3.06. The smallest absolute Gasteiger partial charge is 0.251 e. The van der Waals surface area contributed by atoms with Gasteiger partial charge in [0.2, 0.25) is 0 Å². The number of rotatable bonds is 6. The highest BCUT2D eigenvalue weighted by Gasteiger charge is 2.19. The molecule has 2 N–H and O–H groups in total. The molecule has 1 atom stereocenters. The van der Waals surface area contributed by atoms with E-state index in [0.29, 0.717) is 12.6 Å². The lowest BCUT2D eigenvalue weighted by Gasteiger charge is -2.20. The molecule has 0 aliphatic heterocycles. The number of carbonyl (C=O) groups excluding carboxylic acids is 1. The van der Waals surface area contributed by atoms with Gasteiger partial charge in [-0.1, -0.05) is 25.1 Å². The van der Waals surface area contributed by atoms with Gasteiger partial charge in [-0.3, -0.25) is 4.79 Å². The van der Waals surface area contributed by atoms with E-state index < -0.39 is 0 Å². The fourth-order valence-electron chi connectivity index (χ4n) is 2.27. The van der Waals surface area contributed by atoms with Gasteiger partial charge < -0.3 is 10.2 Å². The summed E-state index contributed by atoms with van der Waals surface area (Å²) in [6.45, 7) is 2.76. The third kappa shape index (κ3) is 4.16. The quantitative estimate of drug-likeness (QED) is 0.840. The van der Waals surface area contributed by atoms with Crippen molar-refractivity contribution in [1.82, 2.24) is 5.32 Å². The maximum Gasteiger partial charge on any atom is 0.251 e. The normalized spacial score (nSPS) is 12.4. The van der Waals surface area contributed by atoms with Crippen molar-refractivity contribution in [3.63, 3.8) is 0 Å². The zero-order valence-corrected chi connectivity index (χ0v) is 13.7. The van der Waals surface area contributed by atoms with Gasteiger partial charge in [-0.25, -0.2) is 0 Å². The van der Waals surface area contributed by atoms with Gasteiger partial charge in [-0.05, 0) is 35.6 Å². The highest BCUT2D eigenvalue weighted by Crippen LogP contribution is 2.15. The monoisotopic (exact) mass is 303 g/mol. The molecule has 21 heavy (non-hydrogen) atoms. The fraction of sp³-hybridized carbons (Fsp3) is 0.353. The second-order valence-corrected chi connectivity index (χ2v) is 6.39. The summed E-state index contributed by atoms with van der Waals surface area (Å²) in [6.07, 6.45) is 0.992. The maximum absolute atomic E-state index is 12.2. The number of benzene rings is 1. The molecule has 0 saturated carbocycles. The first-order valence-electron chi connectivity index (χ1n) is 7.32. The third-order valence-corrected chi connectivity index (χ3v) is 4.66. The van der Waals surface area contributed by atoms with E-state index in [1.165, 1.54) is 15.3 Å². The van der Waals surface area contributed by atoms with Crippen LogP contribution in [0.15, 0.2) is 41.8 Å².